The van der Waals surface area contributed by atoms with Crippen molar-refractivity contribution in [3.05, 3.63) is 0 Å². The van der Waals surface area contributed by atoms with Crippen LogP contribution in [-0.2, 0) is 9.59 Å². The third-order valence-corrected chi connectivity index (χ3v) is 3.89. The summed E-state index contributed by atoms with van der Waals surface area (Å²) in [7, 11) is 0. The SMILES string of the molecule is CC(C)(C)C1CCC(NC(=O)C(=O)NCCO)CC1. The highest BCUT2D eigenvalue weighted by Crippen LogP contribution is 2.37. The van der Waals surface area contributed by atoms with Gasteiger partial charge in [-0.1, -0.05) is 20.8 Å². The first-order valence-electron chi connectivity index (χ1n) is 7.04. The summed E-state index contributed by atoms with van der Waals surface area (Å²) in [6, 6.07) is 0.103. The summed E-state index contributed by atoms with van der Waals surface area (Å²) in [5.41, 5.74) is 0.313. The fourth-order valence-electron chi connectivity index (χ4n) is 2.60. The number of aliphatic hydroxyl groups is 1. The Morgan fingerprint density at radius 3 is 2.16 bits per heavy atom. The van der Waals surface area contributed by atoms with Crippen LogP contribution in [-0.4, -0.2) is 36.1 Å². The third-order valence-electron chi connectivity index (χ3n) is 3.89. The summed E-state index contributed by atoms with van der Waals surface area (Å²) in [6.45, 7) is 6.70. The van der Waals surface area contributed by atoms with E-state index in [-0.39, 0.29) is 19.2 Å². The largest absolute Gasteiger partial charge is 0.395 e. The maximum absolute atomic E-state index is 11.6. The van der Waals surface area contributed by atoms with Gasteiger partial charge in [-0.3, -0.25) is 9.59 Å². The second-order valence-corrected chi connectivity index (χ2v) is 6.37. The van der Waals surface area contributed by atoms with Gasteiger partial charge in [0.2, 0.25) is 0 Å². The molecule has 0 aromatic rings. The van der Waals surface area contributed by atoms with Gasteiger partial charge < -0.3 is 15.7 Å². The first-order valence-corrected chi connectivity index (χ1v) is 7.04. The van der Waals surface area contributed by atoms with Gasteiger partial charge in [0, 0.05) is 12.6 Å². The molecule has 0 aromatic carbocycles. The lowest BCUT2D eigenvalue weighted by atomic mass is 9.71. The number of hydrogen-bond donors (Lipinski definition) is 3. The van der Waals surface area contributed by atoms with Crippen molar-refractivity contribution >= 4 is 11.8 Å². The first kappa shape index (κ1) is 16.0. The Bertz CT molecular complexity index is 315. The molecule has 0 spiro atoms. The lowest BCUT2D eigenvalue weighted by Gasteiger charge is -2.37. The van der Waals surface area contributed by atoms with Crippen molar-refractivity contribution in [2.75, 3.05) is 13.2 Å². The van der Waals surface area contributed by atoms with E-state index in [0.29, 0.717) is 11.3 Å². The van der Waals surface area contributed by atoms with Crippen LogP contribution in [0, 0.1) is 11.3 Å². The van der Waals surface area contributed by atoms with Gasteiger partial charge >= 0.3 is 11.8 Å². The Morgan fingerprint density at radius 1 is 1.11 bits per heavy atom. The Kier molecular flexibility index (Phi) is 5.79. The molecule has 5 heteroatoms. The second kappa shape index (κ2) is 6.89. The molecule has 19 heavy (non-hydrogen) atoms. The van der Waals surface area contributed by atoms with Crippen LogP contribution in [0.5, 0.6) is 0 Å². The predicted octanol–water partition coefficient (Wildman–Crippen LogP) is 0.816. The quantitative estimate of drug-likeness (QED) is 0.664. The van der Waals surface area contributed by atoms with E-state index in [2.05, 4.69) is 31.4 Å². The number of nitrogens with one attached hydrogen (secondary N) is 2. The van der Waals surface area contributed by atoms with Crippen LogP contribution in [0.4, 0.5) is 0 Å². The number of amides is 2. The smallest absolute Gasteiger partial charge is 0.309 e. The van der Waals surface area contributed by atoms with Crippen LogP contribution in [0.2, 0.25) is 0 Å². The van der Waals surface area contributed by atoms with Gasteiger partial charge in [0.25, 0.3) is 0 Å². The van der Waals surface area contributed by atoms with Gasteiger partial charge in [0.05, 0.1) is 6.61 Å². The molecule has 0 unspecified atom stereocenters. The molecule has 0 heterocycles. The number of carbonyl (C=O) groups is 2. The number of rotatable bonds is 3. The summed E-state index contributed by atoms with van der Waals surface area (Å²) < 4.78 is 0. The van der Waals surface area contributed by atoms with Crippen LogP contribution in [0.25, 0.3) is 0 Å². The van der Waals surface area contributed by atoms with E-state index < -0.39 is 11.8 Å². The molecule has 0 saturated heterocycles. The summed E-state index contributed by atoms with van der Waals surface area (Å²) in [5.74, 6) is -0.566. The number of hydrogen-bond acceptors (Lipinski definition) is 3. The molecule has 0 atom stereocenters. The van der Waals surface area contributed by atoms with E-state index in [1.165, 1.54) is 0 Å². The molecular formula is C14H26N2O3. The highest BCUT2D eigenvalue weighted by Gasteiger charge is 2.30. The van der Waals surface area contributed by atoms with Crippen molar-refractivity contribution in [3.8, 4) is 0 Å². The fraction of sp³-hybridized carbons (Fsp3) is 0.857. The van der Waals surface area contributed by atoms with E-state index in [9.17, 15) is 9.59 Å². The molecule has 1 aliphatic carbocycles. The molecule has 1 rings (SSSR count). The number of aliphatic hydroxyl groups excluding tert-OH is 1. The van der Waals surface area contributed by atoms with Crippen molar-refractivity contribution in [2.24, 2.45) is 11.3 Å². The molecule has 0 aliphatic heterocycles. The van der Waals surface area contributed by atoms with Gasteiger partial charge in [-0.15, -0.1) is 0 Å². The highest BCUT2D eigenvalue weighted by molar-refractivity contribution is 6.35. The minimum Gasteiger partial charge on any atom is -0.395 e. The molecule has 0 aromatic heterocycles. The van der Waals surface area contributed by atoms with Crippen LogP contribution in [0.15, 0.2) is 0 Å². The topological polar surface area (TPSA) is 78.4 Å². The van der Waals surface area contributed by atoms with E-state index in [0.717, 1.165) is 25.7 Å². The van der Waals surface area contributed by atoms with Crippen molar-refractivity contribution in [2.45, 2.75) is 52.5 Å². The molecule has 1 aliphatic rings. The van der Waals surface area contributed by atoms with Crippen molar-refractivity contribution in [3.63, 3.8) is 0 Å². The van der Waals surface area contributed by atoms with Gasteiger partial charge in [-0.2, -0.15) is 0 Å². The summed E-state index contributed by atoms with van der Waals surface area (Å²) in [4.78, 5) is 23.0. The number of carbonyl (C=O) groups excluding carboxylic acids is 2. The van der Waals surface area contributed by atoms with Crippen LogP contribution >= 0.6 is 0 Å². The molecule has 5 nitrogen and oxygen atoms in total. The summed E-state index contributed by atoms with van der Waals surface area (Å²) in [5, 5.41) is 13.7. The maximum atomic E-state index is 11.6. The van der Waals surface area contributed by atoms with Gasteiger partial charge in [0.15, 0.2) is 0 Å². The first-order chi connectivity index (χ1) is 8.84. The van der Waals surface area contributed by atoms with E-state index in [4.69, 9.17) is 5.11 Å². The van der Waals surface area contributed by atoms with Crippen LogP contribution in [0.3, 0.4) is 0 Å². The monoisotopic (exact) mass is 270 g/mol. The normalized spacial score (nSPS) is 23.8. The van der Waals surface area contributed by atoms with Gasteiger partial charge in [-0.05, 0) is 37.0 Å². The third kappa shape index (κ3) is 5.19. The van der Waals surface area contributed by atoms with Gasteiger partial charge in [0.1, 0.15) is 0 Å². The molecule has 110 valence electrons. The lowest BCUT2D eigenvalue weighted by molar-refractivity contribution is -0.139. The molecule has 0 bridgehead atoms. The van der Waals surface area contributed by atoms with E-state index >= 15 is 0 Å². The molecule has 0 radical (unpaired) electrons. The zero-order valence-corrected chi connectivity index (χ0v) is 12.2. The van der Waals surface area contributed by atoms with Gasteiger partial charge in [-0.25, -0.2) is 0 Å². The van der Waals surface area contributed by atoms with E-state index in [1.807, 2.05) is 0 Å². The summed E-state index contributed by atoms with van der Waals surface area (Å²) in [6.07, 6.45) is 4.04. The minimum absolute atomic E-state index is 0.103. The molecule has 1 saturated carbocycles. The Morgan fingerprint density at radius 2 is 1.68 bits per heavy atom. The Balaban J connectivity index is 2.33. The maximum Gasteiger partial charge on any atom is 0.309 e. The second-order valence-electron chi connectivity index (χ2n) is 6.37. The summed E-state index contributed by atoms with van der Waals surface area (Å²) >= 11 is 0. The van der Waals surface area contributed by atoms with Crippen molar-refractivity contribution in [1.29, 1.82) is 0 Å². The average molecular weight is 270 g/mol. The Hall–Kier alpha value is -1.10. The standard InChI is InChI=1S/C14H26N2O3/c1-14(2,3)10-4-6-11(7-5-10)16-13(19)12(18)15-8-9-17/h10-11,17H,4-9H2,1-3H3,(H,15,18)(H,16,19). The predicted molar refractivity (Wildman–Crippen MR) is 73.4 cm³/mol. The lowest BCUT2D eigenvalue weighted by Crippen LogP contribution is -2.46. The zero-order valence-electron chi connectivity index (χ0n) is 12.2. The fourth-order valence-corrected chi connectivity index (χ4v) is 2.60. The zero-order chi connectivity index (χ0) is 14.5. The molecule has 1 fully saturated rings. The van der Waals surface area contributed by atoms with Crippen molar-refractivity contribution in [1.82, 2.24) is 10.6 Å². The highest BCUT2D eigenvalue weighted by atomic mass is 16.3. The van der Waals surface area contributed by atoms with Crippen molar-refractivity contribution < 1.29 is 14.7 Å². The Labute approximate surface area is 115 Å². The minimum atomic E-state index is -0.660. The van der Waals surface area contributed by atoms with Crippen LogP contribution in [0.1, 0.15) is 46.5 Å². The van der Waals surface area contributed by atoms with Crippen LogP contribution < -0.4 is 10.6 Å². The molecular weight excluding hydrogens is 244 g/mol. The molecule has 3 N–H and O–H groups in total. The van der Waals surface area contributed by atoms with E-state index in [1.54, 1.807) is 0 Å². The average Bonchev–Trinajstić information content (AvgIpc) is 2.35. The molecule has 2 amide bonds.